The molecule has 2 aromatic heterocycles. The lowest BCUT2D eigenvalue weighted by Crippen LogP contribution is -2.41. The van der Waals surface area contributed by atoms with Crippen molar-refractivity contribution in [1.29, 1.82) is 0 Å². The molecule has 0 fully saturated rings. The largest absolute Gasteiger partial charge is 0.439 e. The average Bonchev–Trinajstić information content (AvgIpc) is 3.05. The van der Waals surface area contributed by atoms with E-state index in [2.05, 4.69) is 9.97 Å². The van der Waals surface area contributed by atoms with Gasteiger partial charge in [0.1, 0.15) is 12.1 Å². The van der Waals surface area contributed by atoms with E-state index in [1.54, 1.807) is 36.2 Å². The summed E-state index contributed by atoms with van der Waals surface area (Å²) < 4.78 is 7.40. The van der Waals surface area contributed by atoms with Crippen LogP contribution < -0.4 is 10.5 Å². The number of carbonyl (C=O) groups excluding carboxylic acids is 2. The van der Waals surface area contributed by atoms with Crippen molar-refractivity contribution in [2.24, 2.45) is 5.73 Å². The molecule has 0 unspecified atom stereocenters. The summed E-state index contributed by atoms with van der Waals surface area (Å²) in [5.41, 5.74) is 7.78. The third kappa shape index (κ3) is 2.99. The Balaban J connectivity index is 1.66. The first-order valence-electron chi connectivity index (χ1n) is 8.62. The molecule has 1 aromatic carbocycles. The van der Waals surface area contributed by atoms with E-state index >= 15 is 0 Å². The van der Waals surface area contributed by atoms with Crippen molar-refractivity contribution in [3.63, 3.8) is 0 Å². The second-order valence-electron chi connectivity index (χ2n) is 6.65. The lowest BCUT2D eigenvalue weighted by molar-refractivity contribution is -0.132. The summed E-state index contributed by atoms with van der Waals surface area (Å²) >= 11 is 0. The number of benzene rings is 1. The van der Waals surface area contributed by atoms with Gasteiger partial charge in [0, 0.05) is 30.1 Å². The molecule has 0 bridgehead atoms. The van der Waals surface area contributed by atoms with E-state index in [1.165, 1.54) is 10.9 Å². The minimum Gasteiger partial charge on any atom is -0.439 e. The predicted octanol–water partition coefficient (Wildman–Crippen LogP) is 2.44. The van der Waals surface area contributed by atoms with Gasteiger partial charge in [-0.25, -0.2) is 14.8 Å². The molecular weight excluding hydrogens is 346 g/mol. The van der Waals surface area contributed by atoms with Gasteiger partial charge in [-0.2, -0.15) is 0 Å². The highest BCUT2D eigenvalue weighted by molar-refractivity contribution is 5.91. The van der Waals surface area contributed by atoms with Crippen LogP contribution in [0.15, 0.2) is 36.8 Å². The maximum atomic E-state index is 11.8. The highest BCUT2D eigenvalue weighted by Crippen LogP contribution is 2.32. The Bertz CT molecular complexity index is 1060. The second-order valence-corrected chi connectivity index (χ2v) is 6.65. The molecular formula is C19H19N5O3. The van der Waals surface area contributed by atoms with Crippen molar-refractivity contribution in [3.8, 4) is 11.6 Å². The number of primary amides is 1. The van der Waals surface area contributed by atoms with Crippen molar-refractivity contribution in [2.45, 2.75) is 32.9 Å². The fraction of sp³-hybridized carbons (Fsp3) is 0.263. The van der Waals surface area contributed by atoms with Crippen LogP contribution in [0.2, 0.25) is 0 Å². The van der Waals surface area contributed by atoms with Gasteiger partial charge >= 0.3 is 6.03 Å². The van der Waals surface area contributed by atoms with Gasteiger partial charge in [0.15, 0.2) is 0 Å². The number of fused-ring (bicyclic) bond motifs is 2. The van der Waals surface area contributed by atoms with Crippen LogP contribution in [0.5, 0.6) is 11.6 Å². The first-order chi connectivity index (χ1) is 12.9. The number of rotatable bonds is 2. The zero-order chi connectivity index (χ0) is 19.1. The SMILES string of the molecule is CC(=O)N1Cc2ncnc(Oc3ccc4c(ccn4C(N)=O)c3)c2C[C@@H]1C. The van der Waals surface area contributed by atoms with Crippen LogP contribution in [0, 0.1) is 0 Å². The number of nitrogens with two attached hydrogens (primary N) is 1. The van der Waals surface area contributed by atoms with Crippen LogP contribution in [0.4, 0.5) is 4.79 Å². The van der Waals surface area contributed by atoms with Gasteiger partial charge in [-0.3, -0.25) is 9.36 Å². The predicted molar refractivity (Wildman–Crippen MR) is 98.4 cm³/mol. The summed E-state index contributed by atoms with van der Waals surface area (Å²) in [4.78, 5) is 33.6. The zero-order valence-corrected chi connectivity index (χ0v) is 15.0. The molecule has 2 amide bonds. The highest BCUT2D eigenvalue weighted by Gasteiger charge is 2.28. The molecule has 8 heteroatoms. The van der Waals surface area contributed by atoms with Gasteiger partial charge in [0.25, 0.3) is 0 Å². The van der Waals surface area contributed by atoms with Gasteiger partial charge in [0.2, 0.25) is 11.8 Å². The number of hydrogen-bond acceptors (Lipinski definition) is 5. The molecule has 1 aliphatic heterocycles. The number of nitrogens with zero attached hydrogens (tertiary/aromatic N) is 4. The number of aromatic nitrogens is 3. The minimum absolute atomic E-state index is 0.0265. The standard InChI is InChI=1S/C19H19N5O3/c1-11-7-15-16(9-24(11)12(2)25)21-10-22-18(15)27-14-3-4-17-13(8-14)5-6-23(17)19(20)26/h3-6,8,10-11H,7,9H2,1-2H3,(H2,20,26)/t11-/m0/s1. The molecule has 0 spiro atoms. The summed E-state index contributed by atoms with van der Waals surface area (Å²) in [5.74, 6) is 1.12. The number of ether oxygens (including phenoxy) is 1. The molecule has 8 nitrogen and oxygen atoms in total. The Morgan fingerprint density at radius 3 is 2.81 bits per heavy atom. The van der Waals surface area contributed by atoms with E-state index in [0.717, 1.165) is 16.6 Å². The van der Waals surface area contributed by atoms with Crippen molar-refractivity contribution >= 4 is 22.8 Å². The third-order valence-electron chi connectivity index (χ3n) is 4.86. The molecule has 0 radical (unpaired) electrons. The quantitative estimate of drug-likeness (QED) is 0.751. The topological polar surface area (TPSA) is 103 Å². The summed E-state index contributed by atoms with van der Waals surface area (Å²) in [6, 6.07) is 6.70. The van der Waals surface area contributed by atoms with Crippen LogP contribution in [0.25, 0.3) is 10.9 Å². The maximum absolute atomic E-state index is 11.8. The molecule has 27 heavy (non-hydrogen) atoms. The molecule has 0 aliphatic carbocycles. The second kappa shape index (κ2) is 6.39. The van der Waals surface area contributed by atoms with Crippen LogP contribution in [-0.4, -0.2) is 37.4 Å². The van der Waals surface area contributed by atoms with Crippen molar-refractivity contribution < 1.29 is 14.3 Å². The highest BCUT2D eigenvalue weighted by atomic mass is 16.5. The normalized spacial score (nSPS) is 16.2. The van der Waals surface area contributed by atoms with E-state index in [-0.39, 0.29) is 11.9 Å². The Morgan fingerprint density at radius 1 is 1.26 bits per heavy atom. The van der Waals surface area contributed by atoms with Gasteiger partial charge in [-0.05, 0) is 37.6 Å². The lowest BCUT2D eigenvalue weighted by atomic mass is 9.99. The molecule has 2 N–H and O–H groups in total. The smallest absolute Gasteiger partial charge is 0.323 e. The molecule has 4 rings (SSSR count). The monoisotopic (exact) mass is 365 g/mol. The number of amides is 2. The van der Waals surface area contributed by atoms with E-state index in [9.17, 15) is 9.59 Å². The Morgan fingerprint density at radius 2 is 2.07 bits per heavy atom. The van der Waals surface area contributed by atoms with Crippen LogP contribution >= 0.6 is 0 Å². The zero-order valence-electron chi connectivity index (χ0n) is 15.0. The van der Waals surface area contributed by atoms with Gasteiger partial charge in [0.05, 0.1) is 17.8 Å². The maximum Gasteiger partial charge on any atom is 0.323 e. The van der Waals surface area contributed by atoms with Crippen LogP contribution in [-0.2, 0) is 17.8 Å². The Kier molecular flexibility index (Phi) is 4.02. The molecule has 1 atom stereocenters. The minimum atomic E-state index is -0.535. The summed E-state index contributed by atoms with van der Waals surface area (Å²) in [7, 11) is 0. The summed E-state index contributed by atoms with van der Waals surface area (Å²) in [6.45, 7) is 4.01. The van der Waals surface area contributed by atoms with Crippen molar-refractivity contribution in [3.05, 3.63) is 48.0 Å². The van der Waals surface area contributed by atoms with E-state index in [4.69, 9.17) is 10.5 Å². The summed E-state index contributed by atoms with van der Waals surface area (Å²) in [6.07, 6.45) is 3.71. The Hall–Kier alpha value is -3.42. The van der Waals surface area contributed by atoms with Crippen molar-refractivity contribution in [1.82, 2.24) is 19.4 Å². The third-order valence-corrected chi connectivity index (χ3v) is 4.86. The molecule has 0 saturated heterocycles. The number of hydrogen-bond donors (Lipinski definition) is 1. The molecule has 3 aromatic rings. The van der Waals surface area contributed by atoms with Gasteiger partial charge in [-0.1, -0.05) is 0 Å². The first-order valence-corrected chi connectivity index (χ1v) is 8.62. The molecule has 138 valence electrons. The van der Waals surface area contributed by atoms with Gasteiger partial charge in [-0.15, -0.1) is 0 Å². The fourth-order valence-corrected chi connectivity index (χ4v) is 3.49. The molecule has 1 aliphatic rings. The van der Waals surface area contributed by atoms with Crippen LogP contribution in [0.3, 0.4) is 0 Å². The van der Waals surface area contributed by atoms with E-state index in [1.807, 2.05) is 13.0 Å². The fourth-order valence-electron chi connectivity index (χ4n) is 3.49. The van der Waals surface area contributed by atoms with Crippen LogP contribution in [0.1, 0.15) is 25.1 Å². The van der Waals surface area contributed by atoms with Crippen molar-refractivity contribution in [2.75, 3.05) is 0 Å². The molecule has 0 saturated carbocycles. The Labute approximate surface area is 155 Å². The number of carbonyl (C=O) groups is 2. The van der Waals surface area contributed by atoms with E-state index in [0.29, 0.717) is 30.1 Å². The lowest BCUT2D eigenvalue weighted by Gasteiger charge is -2.33. The first kappa shape index (κ1) is 17.0. The van der Waals surface area contributed by atoms with Gasteiger partial charge < -0.3 is 15.4 Å². The van der Waals surface area contributed by atoms with E-state index < -0.39 is 6.03 Å². The summed E-state index contributed by atoms with van der Waals surface area (Å²) in [5, 5.41) is 0.838. The average molecular weight is 365 g/mol. The molecule has 3 heterocycles.